The van der Waals surface area contributed by atoms with Gasteiger partial charge in [0.25, 0.3) is 5.91 Å². The van der Waals surface area contributed by atoms with Crippen molar-refractivity contribution in [2.24, 2.45) is 0 Å². The van der Waals surface area contributed by atoms with E-state index in [1.165, 1.54) is 11.8 Å². The van der Waals surface area contributed by atoms with E-state index >= 15 is 0 Å². The molecule has 0 saturated carbocycles. The number of unbranched alkanes of at least 4 members (excludes halogenated alkanes) is 2. The normalized spacial score (nSPS) is 18.3. The number of carbonyl (C=O) groups excluding carboxylic acids is 1. The quantitative estimate of drug-likeness (QED) is 0.151. The first-order valence-electron chi connectivity index (χ1n) is 10.9. The van der Waals surface area contributed by atoms with Crippen molar-refractivity contribution >= 4 is 55.6 Å². The first kappa shape index (κ1) is 29.0. The van der Waals surface area contributed by atoms with E-state index in [-0.39, 0.29) is 41.2 Å². The summed E-state index contributed by atoms with van der Waals surface area (Å²) in [5.41, 5.74) is 3.12. The van der Waals surface area contributed by atoms with Crippen LogP contribution in [0, 0.1) is 0 Å². The molecule has 0 bridgehead atoms. The smallest absolute Gasteiger partial charge is 0.748 e. The number of hydrogen-bond acceptors (Lipinski definition) is 7. The first-order valence-corrected chi connectivity index (χ1v) is 13.7. The largest absolute Gasteiger partial charge is 1.00 e. The van der Waals surface area contributed by atoms with Gasteiger partial charge in [0.05, 0.1) is 15.0 Å². The predicted molar refractivity (Wildman–Crippen MR) is 139 cm³/mol. The number of fused-ring (bicyclic) bond motifs is 1. The van der Waals surface area contributed by atoms with Crippen molar-refractivity contribution in [1.82, 2.24) is 4.90 Å². The van der Waals surface area contributed by atoms with Gasteiger partial charge in [-0.2, -0.15) is 0 Å². The van der Waals surface area contributed by atoms with Crippen molar-refractivity contribution in [2.45, 2.75) is 32.6 Å². The second kappa shape index (κ2) is 13.8. The molecule has 0 N–H and O–H groups in total. The maximum absolute atomic E-state index is 12.5. The second-order valence-corrected chi connectivity index (χ2v) is 10.9. The maximum atomic E-state index is 12.5. The third kappa shape index (κ3) is 8.19. The molecule has 1 saturated heterocycles. The summed E-state index contributed by atoms with van der Waals surface area (Å²) in [6, 6.07) is 7.98. The zero-order chi connectivity index (χ0) is 23.8. The zero-order valence-electron chi connectivity index (χ0n) is 19.5. The molecule has 0 radical (unpaired) electrons. The average Bonchev–Trinajstić information content (AvgIpc) is 3.05. The van der Waals surface area contributed by atoms with Crippen LogP contribution in [0.1, 0.15) is 38.2 Å². The second-order valence-electron chi connectivity index (χ2n) is 7.71. The molecule has 2 aliphatic heterocycles. The van der Waals surface area contributed by atoms with E-state index in [4.69, 9.17) is 12.2 Å². The van der Waals surface area contributed by atoms with Gasteiger partial charge in [0.2, 0.25) is 0 Å². The summed E-state index contributed by atoms with van der Waals surface area (Å²) >= 11 is 6.67. The minimum Gasteiger partial charge on any atom is -0.748 e. The van der Waals surface area contributed by atoms with E-state index in [0.29, 0.717) is 35.2 Å². The Morgan fingerprint density at radius 1 is 1.09 bits per heavy atom. The summed E-state index contributed by atoms with van der Waals surface area (Å²) in [5, 5.41) is 0. The van der Waals surface area contributed by atoms with E-state index < -0.39 is 10.1 Å². The van der Waals surface area contributed by atoms with Gasteiger partial charge >= 0.3 is 29.6 Å². The Kier molecular flexibility index (Phi) is 11.8. The van der Waals surface area contributed by atoms with Crippen LogP contribution in [-0.2, 0) is 14.9 Å². The Labute approximate surface area is 233 Å². The van der Waals surface area contributed by atoms with Crippen LogP contribution in [0.4, 0.5) is 5.69 Å². The van der Waals surface area contributed by atoms with Crippen molar-refractivity contribution in [2.75, 3.05) is 23.7 Å². The number of para-hydroxylation sites is 1. The predicted octanol–water partition coefficient (Wildman–Crippen LogP) is 1.83. The van der Waals surface area contributed by atoms with Crippen molar-refractivity contribution in [1.29, 1.82) is 0 Å². The number of allylic oxidation sites excluding steroid dienone is 6. The average molecular weight is 527 g/mol. The molecular formula is C24H27N2NaO4S3. The fourth-order valence-electron chi connectivity index (χ4n) is 3.54. The van der Waals surface area contributed by atoms with Crippen LogP contribution < -0.4 is 34.5 Å². The molecule has 0 atom stereocenters. The van der Waals surface area contributed by atoms with Crippen LogP contribution in [0.15, 0.2) is 65.8 Å². The van der Waals surface area contributed by atoms with E-state index in [2.05, 4.69) is 11.8 Å². The number of thiocarbonyl (C=S) groups is 1. The van der Waals surface area contributed by atoms with Crippen molar-refractivity contribution < 1.29 is 47.3 Å². The molecule has 2 aliphatic rings. The van der Waals surface area contributed by atoms with Gasteiger partial charge in [-0.1, -0.05) is 73.8 Å². The van der Waals surface area contributed by atoms with Crippen molar-refractivity contribution in [3.8, 4) is 0 Å². The SMILES string of the molecule is CCCCN1C(=O)\C(=C/C=C/C=C2\C=CN(CCCCS(=O)(=O)[O-])c3ccccc32)SC1=S.[Na+]. The summed E-state index contributed by atoms with van der Waals surface area (Å²) in [6.45, 7) is 3.38. The van der Waals surface area contributed by atoms with E-state index in [9.17, 15) is 17.8 Å². The molecule has 10 heteroatoms. The Morgan fingerprint density at radius 2 is 1.82 bits per heavy atom. The number of nitrogens with zero attached hydrogens (tertiary/aromatic N) is 2. The van der Waals surface area contributed by atoms with Crippen LogP contribution in [0.5, 0.6) is 0 Å². The van der Waals surface area contributed by atoms with Crippen LogP contribution in [0.2, 0.25) is 0 Å². The Balaban J connectivity index is 0.00000408. The fourth-order valence-corrected chi connectivity index (χ4v) is 5.35. The molecule has 1 fully saturated rings. The van der Waals surface area contributed by atoms with Gasteiger partial charge in [-0.25, -0.2) is 8.42 Å². The Hall–Kier alpha value is -1.20. The van der Waals surface area contributed by atoms with Gasteiger partial charge < -0.3 is 9.45 Å². The standard InChI is InChI=1S/C24H28N2O4S3.Na/c1-2-3-16-26-23(27)22(32-24(26)31)13-7-4-10-19-14-17-25(15-8-9-18-33(28,29)30)21-12-6-5-11-20(19)21;/h4-7,10-14,17H,2-3,8-9,15-16,18H2,1H3,(H,28,29,30);/q;+1/p-1/b7-4+,19-10+,22-13+;. The number of thioether (sulfide) groups is 1. The van der Waals surface area contributed by atoms with Crippen LogP contribution in [0.3, 0.4) is 0 Å². The van der Waals surface area contributed by atoms with Gasteiger partial charge in [0.1, 0.15) is 4.32 Å². The molecule has 0 unspecified atom stereocenters. The summed E-state index contributed by atoms with van der Waals surface area (Å²) in [7, 11) is -4.17. The molecular weight excluding hydrogens is 499 g/mol. The van der Waals surface area contributed by atoms with E-state index in [1.54, 1.807) is 11.0 Å². The van der Waals surface area contributed by atoms with Gasteiger partial charge in [0.15, 0.2) is 0 Å². The van der Waals surface area contributed by atoms with Crippen LogP contribution in [-0.4, -0.2) is 46.9 Å². The molecule has 3 rings (SSSR count). The molecule has 2 heterocycles. The molecule has 34 heavy (non-hydrogen) atoms. The molecule has 1 aromatic carbocycles. The minimum absolute atomic E-state index is 0. The van der Waals surface area contributed by atoms with Crippen molar-refractivity contribution in [3.63, 3.8) is 0 Å². The molecule has 0 aliphatic carbocycles. The molecule has 0 aromatic heterocycles. The first-order chi connectivity index (χ1) is 15.8. The molecule has 1 aromatic rings. The maximum Gasteiger partial charge on any atom is 1.00 e. The van der Waals surface area contributed by atoms with Gasteiger partial charge in [-0.15, -0.1) is 0 Å². The van der Waals surface area contributed by atoms with E-state index in [0.717, 1.165) is 29.7 Å². The number of rotatable bonds is 10. The van der Waals surface area contributed by atoms with Gasteiger partial charge in [-0.3, -0.25) is 9.69 Å². The monoisotopic (exact) mass is 526 g/mol. The summed E-state index contributed by atoms with van der Waals surface area (Å²) in [6.07, 6.45) is 14.4. The third-order valence-corrected chi connectivity index (χ3v) is 7.43. The molecule has 6 nitrogen and oxygen atoms in total. The van der Waals surface area contributed by atoms with Crippen LogP contribution >= 0.6 is 24.0 Å². The Morgan fingerprint density at radius 3 is 2.56 bits per heavy atom. The number of hydrogen-bond donors (Lipinski definition) is 0. The fraction of sp³-hybridized carbons (Fsp3) is 0.333. The van der Waals surface area contributed by atoms with Crippen molar-refractivity contribution in [3.05, 3.63) is 71.3 Å². The number of benzene rings is 1. The zero-order valence-corrected chi connectivity index (χ0v) is 23.9. The topological polar surface area (TPSA) is 80.8 Å². The Bertz CT molecular complexity index is 1130. The number of anilines is 1. The number of amides is 1. The van der Waals surface area contributed by atoms with Crippen LogP contribution in [0.25, 0.3) is 5.57 Å². The van der Waals surface area contributed by atoms with E-state index in [1.807, 2.05) is 54.8 Å². The molecule has 0 spiro atoms. The summed E-state index contributed by atoms with van der Waals surface area (Å²) in [4.78, 5) is 16.9. The van der Waals surface area contributed by atoms with Gasteiger partial charge in [0, 0.05) is 36.3 Å². The summed E-state index contributed by atoms with van der Waals surface area (Å²) < 4.78 is 33.0. The van der Waals surface area contributed by atoms with Gasteiger partial charge in [-0.05, 0) is 43.1 Å². The molecule has 176 valence electrons. The third-order valence-electron chi connectivity index (χ3n) is 5.25. The number of carbonyl (C=O) groups is 1. The summed E-state index contributed by atoms with van der Waals surface area (Å²) in [5.74, 6) is -0.362. The molecule has 1 amide bonds. The minimum atomic E-state index is -4.17.